The van der Waals surface area contributed by atoms with Crippen molar-refractivity contribution < 1.29 is 5.11 Å². The van der Waals surface area contributed by atoms with Gasteiger partial charge in [0.25, 0.3) is 0 Å². The highest BCUT2D eigenvalue weighted by molar-refractivity contribution is 5.54. The topological polar surface area (TPSA) is 23.5 Å². The molecule has 0 saturated carbocycles. The Morgan fingerprint density at radius 3 is 2.81 bits per heavy atom. The molecule has 0 amide bonds. The zero-order valence-electron chi connectivity index (χ0n) is 10.2. The van der Waals surface area contributed by atoms with Gasteiger partial charge in [-0.2, -0.15) is 0 Å². The Kier molecular flexibility index (Phi) is 3.49. The van der Waals surface area contributed by atoms with Crippen molar-refractivity contribution >= 4 is 5.69 Å². The fourth-order valence-corrected chi connectivity index (χ4v) is 2.54. The second kappa shape index (κ2) is 4.88. The van der Waals surface area contributed by atoms with Crippen LogP contribution in [-0.4, -0.2) is 18.2 Å². The molecule has 0 radical (unpaired) electrons. The van der Waals surface area contributed by atoms with Crippen molar-refractivity contribution in [1.29, 1.82) is 0 Å². The van der Waals surface area contributed by atoms with Crippen LogP contribution in [0.3, 0.4) is 0 Å². The predicted octanol–water partition coefficient (Wildman–Crippen LogP) is 2.98. The fourth-order valence-electron chi connectivity index (χ4n) is 2.54. The lowest BCUT2D eigenvalue weighted by Crippen LogP contribution is -2.34. The number of nitrogens with zero attached hydrogens (tertiary/aromatic N) is 1. The summed E-state index contributed by atoms with van der Waals surface area (Å²) >= 11 is 0. The van der Waals surface area contributed by atoms with Crippen molar-refractivity contribution in [3.05, 3.63) is 29.8 Å². The van der Waals surface area contributed by atoms with Crippen molar-refractivity contribution in [2.75, 3.05) is 18.0 Å². The maximum absolute atomic E-state index is 9.77. The lowest BCUT2D eigenvalue weighted by atomic mass is 9.98. The second-order valence-electron chi connectivity index (χ2n) is 4.93. The van der Waals surface area contributed by atoms with Crippen molar-refractivity contribution in [2.24, 2.45) is 5.92 Å². The van der Waals surface area contributed by atoms with Crippen molar-refractivity contribution in [3.8, 4) is 0 Å². The van der Waals surface area contributed by atoms with Crippen LogP contribution >= 0.6 is 0 Å². The largest absolute Gasteiger partial charge is 0.389 e. The quantitative estimate of drug-likeness (QED) is 0.826. The fraction of sp³-hybridized carbons (Fsp3) is 0.571. The van der Waals surface area contributed by atoms with Gasteiger partial charge in [-0.3, -0.25) is 0 Å². The number of anilines is 1. The van der Waals surface area contributed by atoms with Gasteiger partial charge in [0.05, 0.1) is 6.10 Å². The molecule has 2 heteroatoms. The van der Waals surface area contributed by atoms with E-state index in [0.29, 0.717) is 0 Å². The van der Waals surface area contributed by atoms with Crippen molar-refractivity contribution in [3.63, 3.8) is 0 Å². The second-order valence-corrected chi connectivity index (χ2v) is 4.93. The third kappa shape index (κ3) is 2.38. The summed E-state index contributed by atoms with van der Waals surface area (Å²) in [7, 11) is 0. The van der Waals surface area contributed by atoms with E-state index in [4.69, 9.17) is 0 Å². The molecule has 1 aliphatic rings. The minimum absolute atomic E-state index is 0.381. The van der Waals surface area contributed by atoms with Gasteiger partial charge in [-0.05, 0) is 31.7 Å². The number of hydrogen-bond donors (Lipinski definition) is 1. The van der Waals surface area contributed by atoms with Gasteiger partial charge in [-0.15, -0.1) is 0 Å². The minimum Gasteiger partial charge on any atom is -0.389 e. The van der Waals surface area contributed by atoms with E-state index in [1.54, 1.807) is 0 Å². The summed E-state index contributed by atoms with van der Waals surface area (Å²) in [5, 5.41) is 9.77. The first-order valence-corrected chi connectivity index (χ1v) is 6.20. The lowest BCUT2D eigenvalue weighted by Gasteiger charge is -2.34. The molecule has 1 aromatic carbocycles. The van der Waals surface area contributed by atoms with Crippen molar-refractivity contribution in [2.45, 2.75) is 32.8 Å². The molecule has 1 aromatic rings. The van der Waals surface area contributed by atoms with Gasteiger partial charge >= 0.3 is 0 Å². The van der Waals surface area contributed by atoms with Crippen LogP contribution in [0.2, 0.25) is 0 Å². The normalized spacial score (nSPS) is 23.2. The van der Waals surface area contributed by atoms with Gasteiger partial charge in [-0.25, -0.2) is 0 Å². The van der Waals surface area contributed by atoms with Gasteiger partial charge in [0.2, 0.25) is 0 Å². The van der Waals surface area contributed by atoms with E-state index in [9.17, 15) is 5.11 Å². The first kappa shape index (κ1) is 11.5. The minimum atomic E-state index is -0.381. The molecule has 0 aromatic heterocycles. The SMILES string of the molecule is CC1CCCN(c2ccccc2[C@@H](C)O)C1. The molecule has 2 nitrogen and oxygen atoms in total. The molecule has 1 heterocycles. The smallest absolute Gasteiger partial charge is 0.0781 e. The number of benzene rings is 1. The molecule has 2 rings (SSSR count). The van der Waals surface area contributed by atoms with Crippen LogP contribution in [0.5, 0.6) is 0 Å². The molecule has 0 aliphatic carbocycles. The van der Waals surface area contributed by atoms with Crippen LogP contribution in [0.1, 0.15) is 38.4 Å². The third-order valence-corrected chi connectivity index (χ3v) is 3.38. The zero-order chi connectivity index (χ0) is 11.5. The summed E-state index contributed by atoms with van der Waals surface area (Å²) < 4.78 is 0. The molecule has 1 fully saturated rings. The average molecular weight is 219 g/mol. The maximum Gasteiger partial charge on any atom is 0.0781 e. The highest BCUT2D eigenvalue weighted by Crippen LogP contribution is 2.29. The molecule has 88 valence electrons. The number of rotatable bonds is 2. The summed E-state index contributed by atoms with van der Waals surface area (Å²) in [4.78, 5) is 2.41. The van der Waals surface area contributed by atoms with E-state index >= 15 is 0 Å². The van der Waals surface area contributed by atoms with Gasteiger partial charge in [-0.1, -0.05) is 25.1 Å². The summed E-state index contributed by atoms with van der Waals surface area (Å²) in [6.07, 6.45) is 2.20. The summed E-state index contributed by atoms with van der Waals surface area (Å²) in [5.74, 6) is 0.760. The highest BCUT2D eigenvalue weighted by atomic mass is 16.3. The maximum atomic E-state index is 9.77. The highest BCUT2D eigenvalue weighted by Gasteiger charge is 2.19. The van der Waals surface area contributed by atoms with Crippen LogP contribution in [0.4, 0.5) is 5.69 Å². The molecule has 1 aliphatic heterocycles. The number of piperidine rings is 1. The Morgan fingerprint density at radius 2 is 2.12 bits per heavy atom. The predicted molar refractivity (Wildman–Crippen MR) is 67.7 cm³/mol. The van der Waals surface area contributed by atoms with Gasteiger partial charge in [0.1, 0.15) is 0 Å². The zero-order valence-corrected chi connectivity index (χ0v) is 10.2. The average Bonchev–Trinajstić information content (AvgIpc) is 2.29. The van der Waals surface area contributed by atoms with E-state index in [0.717, 1.165) is 24.6 Å². The number of para-hydroxylation sites is 1. The van der Waals surface area contributed by atoms with E-state index in [2.05, 4.69) is 24.0 Å². The molecule has 0 spiro atoms. The molecular formula is C14H21NO. The van der Waals surface area contributed by atoms with E-state index in [-0.39, 0.29) is 6.10 Å². The molecular weight excluding hydrogens is 198 g/mol. The Morgan fingerprint density at radius 1 is 1.38 bits per heavy atom. The van der Waals surface area contributed by atoms with Crippen LogP contribution in [0.25, 0.3) is 0 Å². The number of hydrogen-bond acceptors (Lipinski definition) is 2. The van der Waals surface area contributed by atoms with Crippen molar-refractivity contribution in [1.82, 2.24) is 0 Å². The first-order chi connectivity index (χ1) is 7.68. The molecule has 16 heavy (non-hydrogen) atoms. The molecule has 1 saturated heterocycles. The van der Waals surface area contributed by atoms with E-state index in [1.165, 1.54) is 18.5 Å². The summed E-state index contributed by atoms with van der Waals surface area (Å²) in [6, 6.07) is 8.21. The molecule has 2 atom stereocenters. The number of aliphatic hydroxyl groups excluding tert-OH is 1. The molecule has 1 N–H and O–H groups in total. The monoisotopic (exact) mass is 219 g/mol. The first-order valence-electron chi connectivity index (χ1n) is 6.20. The van der Waals surface area contributed by atoms with Crippen LogP contribution < -0.4 is 4.90 Å². The van der Waals surface area contributed by atoms with Crippen LogP contribution in [0.15, 0.2) is 24.3 Å². The Hall–Kier alpha value is -1.02. The summed E-state index contributed by atoms with van der Waals surface area (Å²) in [5.41, 5.74) is 2.26. The van der Waals surface area contributed by atoms with E-state index < -0.39 is 0 Å². The number of aliphatic hydroxyl groups is 1. The van der Waals surface area contributed by atoms with Gasteiger partial charge in [0.15, 0.2) is 0 Å². The van der Waals surface area contributed by atoms with E-state index in [1.807, 2.05) is 19.1 Å². The standard InChI is InChI=1S/C14H21NO/c1-11-6-5-9-15(10-11)14-8-4-3-7-13(14)12(2)16/h3-4,7-8,11-12,16H,5-6,9-10H2,1-2H3/t11?,12-/m1/s1. The Balaban J connectivity index is 2.25. The lowest BCUT2D eigenvalue weighted by molar-refractivity contribution is 0.199. The van der Waals surface area contributed by atoms with Gasteiger partial charge < -0.3 is 10.0 Å². The Bertz CT molecular complexity index is 348. The van der Waals surface area contributed by atoms with Crippen LogP contribution in [-0.2, 0) is 0 Å². The van der Waals surface area contributed by atoms with Crippen LogP contribution in [0, 0.1) is 5.92 Å². The Labute approximate surface area is 97.9 Å². The molecule has 0 bridgehead atoms. The molecule has 1 unspecified atom stereocenters. The summed E-state index contributed by atoms with van der Waals surface area (Å²) in [6.45, 7) is 6.38. The van der Waals surface area contributed by atoms with Gasteiger partial charge in [0, 0.05) is 24.3 Å². The third-order valence-electron chi connectivity index (χ3n) is 3.38.